The van der Waals surface area contributed by atoms with Crippen molar-refractivity contribution in [3.63, 3.8) is 0 Å². The normalized spacial score (nSPS) is 19.2. The fraction of sp³-hybridized carbons (Fsp3) is 0.200. The Morgan fingerprint density at radius 1 is 0.953 bits per heavy atom. The summed E-state index contributed by atoms with van der Waals surface area (Å²) in [5, 5.41) is 2.98. The first kappa shape index (κ1) is 29.5. The van der Waals surface area contributed by atoms with Crippen molar-refractivity contribution in [2.75, 3.05) is 24.4 Å². The van der Waals surface area contributed by atoms with E-state index in [1.165, 1.54) is 23.7 Å². The topological polar surface area (TPSA) is 107 Å². The number of methoxy groups -OCH3 is 2. The van der Waals surface area contributed by atoms with Crippen LogP contribution in [0.1, 0.15) is 16.4 Å². The third kappa shape index (κ3) is 5.37. The number of ether oxygens (including phenoxy) is 2. The van der Waals surface area contributed by atoms with Gasteiger partial charge in [0.1, 0.15) is 11.8 Å². The van der Waals surface area contributed by atoms with Gasteiger partial charge in [0.05, 0.1) is 30.9 Å². The number of anilines is 2. The van der Waals surface area contributed by atoms with E-state index in [4.69, 9.17) is 21.1 Å². The average Bonchev–Trinajstić information content (AvgIpc) is 3.44. The molecule has 0 radical (unpaired) electrons. The fourth-order valence-corrected chi connectivity index (χ4v) is 8.55. The second-order valence-electron chi connectivity index (χ2n) is 9.82. The number of halogens is 2. The first-order valence-electron chi connectivity index (χ1n) is 13.0. The lowest BCUT2D eigenvalue weighted by Gasteiger charge is -2.31. The van der Waals surface area contributed by atoms with Crippen molar-refractivity contribution in [3.8, 4) is 11.5 Å². The molecule has 6 rings (SSSR count). The van der Waals surface area contributed by atoms with Crippen LogP contribution in [0.5, 0.6) is 11.5 Å². The fourth-order valence-electron chi connectivity index (χ4n) is 5.38. The highest BCUT2D eigenvalue weighted by atomic mass is 79.9. The van der Waals surface area contributed by atoms with Gasteiger partial charge in [-0.2, -0.15) is 0 Å². The molecule has 220 valence electrons. The summed E-state index contributed by atoms with van der Waals surface area (Å²) >= 11 is 11.5. The molecule has 3 atom stereocenters. The van der Waals surface area contributed by atoms with Crippen LogP contribution in [-0.2, 0) is 20.9 Å². The lowest BCUT2D eigenvalue weighted by Crippen LogP contribution is -2.33. The van der Waals surface area contributed by atoms with Crippen molar-refractivity contribution < 1.29 is 23.9 Å². The first-order chi connectivity index (χ1) is 20.7. The number of hydrogen-bond donors (Lipinski definition) is 1. The van der Waals surface area contributed by atoms with Gasteiger partial charge in [-0.05, 0) is 66.2 Å². The largest absolute Gasteiger partial charge is 0.493 e. The summed E-state index contributed by atoms with van der Waals surface area (Å²) in [6, 6.07) is 18.9. The van der Waals surface area contributed by atoms with E-state index in [1.807, 2.05) is 6.07 Å². The number of rotatable bonds is 7. The Kier molecular flexibility index (Phi) is 8.12. The molecule has 1 fully saturated rings. The number of fused-ring (bicyclic) bond motifs is 2. The predicted octanol–water partition coefficient (Wildman–Crippen LogP) is 5.78. The molecule has 4 aromatic rings. The number of amides is 3. The van der Waals surface area contributed by atoms with E-state index in [9.17, 15) is 19.2 Å². The Morgan fingerprint density at radius 2 is 1.65 bits per heavy atom. The lowest BCUT2D eigenvalue weighted by molar-refractivity contribution is -0.122. The molecule has 3 heterocycles. The number of hydrogen-bond acceptors (Lipinski definition) is 8. The molecular weight excluding hydrogens is 678 g/mol. The summed E-state index contributed by atoms with van der Waals surface area (Å²) in [5.41, 5.74) is 1.68. The maximum absolute atomic E-state index is 14.1. The zero-order valence-electron chi connectivity index (χ0n) is 22.7. The maximum atomic E-state index is 14.1. The molecule has 3 amide bonds. The summed E-state index contributed by atoms with van der Waals surface area (Å²) in [6.07, 6.45) is 0. The molecule has 0 saturated carbocycles. The SMILES string of the molecule is COc1ccc(C2c3sc(=O)n(CC(=O)Nc4ccc(Cl)cc4)c3SC3C(=O)N(c4ccc(Br)cc4)C(=O)C32)cc1OC. The molecule has 1 saturated heterocycles. The van der Waals surface area contributed by atoms with Crippen LogP contribution in [0, 0.1) is 5.92 Å². The van der Waals surface area contributed by atoms with E-state index in [1.54, 1.807) is 60.7 Å². The molecule has 43 heavy (non-hydrogen) atoms. The molecule has 3 unspecified atom stereocenters. The van der Waals surface area contributed by atoms with Crippen LogP contribution in [0.15, 0.2) is 81.0 Å². The minimum Gasteiger partial charge on any atom is -0.493 e. The van der Waals surface area contributed by atoms with Crippen LogP contribution in [0.4, 0.5) is 11.4 Å². The zero-order chi connectivity index (χ0) is 30.4. The summed E-state index contributed by atoms with van der Waals surface area (Å²) < 4.78 is 13.1. The Balaban J connectivity index is 1.43. The molecule has 13 heteroatoms. The molecule has 9 nitrogen and oxygen atoms in total. The second kappa shape index (κ2) is 11.8. The van der Waals surface area contributed by atoms with E-state index in [-0.39, 0.29) is 23.2 Å². The number of nitrogens with zero attached hydrogens (tertiary/aromatic N) is 2. The van der Waals surface area contributed by atoms with Gasteiger partial charge < -0.3 is 14.8 Å². The predicted molar refractivity (Wildman–Crippen MR) is 170 cm³/mol. The van der Waals surface area contributed by atoms with E-state index >= 15 is 0 Å². The molecular formula is C30H23BrClN3O6S2. The summed E-state index contributed by atoms with van der Waals surface area (Å²) in [5.74, 6) is -1.63. The quantitative estimate of drug-likeness (QED) is 0.244. The van der Waals surface area contributed by atoms with Crippen molar-refractivity contribution in [1.82, 2.24) is 4.57 Å². The number of benzene rings is 3. The summed E-state index contributed by atoms with van der Waals surface area (Å²) in [4.78, 5) is 55.9. The van der Waals surface area contributed by atoms with Crippen molar-refractivity contribution in [2.45, 2.75) is 22.7 Å². The maximum Gasteiger partial charge on any atom is 0.308 e. The van der Waals surface area contributed by atoms with Gasteiger partial charge in [-0.3, -0.25) is 23.7 Å². The molecule has 0 bridgehead atoms. The van der Waals surface area contributed by atoms with Gasteiger partial charge in [-0.25, -0.2) is 4.90 Å². The van der Waals surface area contributed by atoms with Gasteiger partial charge in [-0.15, -0.1) is 0 Å². The third-order valence-corrected chi connectivity index (χ3v) is 10.7. The summed E-state index contributed by atoms with van der Waals surface area (Å²) in [6.45, 7) is -0.269. The zero-order valence-corrected chi connectivity index (χ0v) is 26.7. The second-order valence-corrected chi connectivity index (χ2v) is 13.3. The van der Waals surface area contributed by atoms with Gasteiger partial charge in [-0.1, -0.05) is 56.7 Å². The van der Waals surface area contributed by atoms with Gasteiger partial charge in [0.25, 0.3) is 0 Å². The molecule has 2 aliphatic rings. The van der Waals surface area contributed by atoms with Gasteiger partial charge in [0.2, 0.25) is 17.7 Å². The minimum absolute atomic E-state index is 0.269. The number of nitrogens with one attached hydrogen (secondary N) is 1. The first-order valence-corrected chi connectivity index (χ1v) is 15.9. The molecule has 0 aliphatic carbocycles. The van der Waals surface area contributed by atoms with Gasteiger partial charge in [0.15, 0.2) is 11.5 Å². The molecule has 3 aromatic carbocycles. The Hall–Kier alpha value is -3.58. The molecule has 1 N–H and O–H groups in total. The van der Waals surface area contributed by atoms with Crippen LogP contribution in [0.3, 0.4) is 0 Å². The monoisotopic (exact) mass is 699 g/mol. The number of imide groups is 1. The van der Waals surface area contributed by atoms with Crippen molar-refractivity contribution in [1.29, 1.82) is 0 Å². The Morgan fingerprint density at radius 3 is 2.33 bits per heavy atom. The van der Waals surface area contributed by atoms with Crippen molar-refractivity contribution in [3.05, 3.63) is 96.3 Å². The third-order valence-electron chi connectivity index (χ3n) is 7.33. The highest BCUT2D eigenvalue weighted by Gasteiger charge is 2.57. The van der Waals surface area contributed by atoms with Crippen LogP contribution < -0.4 is 24.6 Å². The highest BCUT2D eigenvalue weighted by molar-refractivity contribution is 9.10. The van der Waals surface area contributed by atoms with E-state index in [0.29, 0.717) is 43.4 Å². The number of thiazole rings is 1. The number of carbonyl (C=O) groups is 3. The summed E-state index contributed by atoms with van der Waals surface area (Å²) in [7, 11) is 3.04. The van der Waals surface area contributed by atoms with Gasteiger partial charge in [0, 0.05) is 26.0 Å². The smallest absolute Gasteiger partial charge is 0.308 e. The van der Waals surface area contributed by atoms with Crippen molar-refractivity contribution in [2.24, 2.45) is 5.92 Å². The van der Waals surface area contributed by atoms with E-state index in [2.05, 4.69) is 21.2 Å². The van der Waals surface area contributed by atoms with E-state index in [0.717, 1.165) is 27.6 Å². The van der Waals surface area contributed by atoms with Crippen LogP contribution >= 0.6 is 50.6 Å². The minimum atomic E-state index is -0.818. The molecule has 2 aliphatic heterocycles. The molecule has 0 spiro atoms. The number of carbonyl (C=O) groups excluding carboxylic acids is 3. The Labute approximate surface area is 267 Å². The molecule has 1 aromatic heterocycles. The Bertz CT molecular complexity index is 1810. The van der Waals surface area contributed by atoms with Crippen LogP contribution in [0.2, 0.25) is 5.02 Å². The number of thioether (sulfide) groups is 1. The van der Waals surface area contributed by atoms with Gasteiger partial charge >= 0.3 is 4.87 Å². The standard InChI is InChI=1S/C30H23BrClN3O6S2/c1-40-20-12-3-15(13-21(20)41-2)23-24-25(28(38)35(27(24)37)19-10-4-16(31)5-11-19)42-29-26(23)43-30(39)34(29)14-22(36)33-18-8-6-17(32)7-9-18/h3-13,23-25H,14H2,1-2H3,(H,33,36). The highest BCUT2D eigenvalue weighted by Crippen LogP contribution is 2.54. The van der Waals surface area contributed by atoms with E-state index < -0.39 is 23.0 Å². The lowest BCUT2D eigenvalue weighted by atomic mass is 9.83. The average molecular weight is 701 g/mol. The van der Waals surface area contributed by atoms with Crippen LogP contribution in [0.25, 0.3) is 0 Å². The van der Waals surface area contributed by atoms with Crippen LogP contribution in [-0.4, -0.2) is 41.8 Å². The number of aromatic nitrogens is 1. The van der Waals surface area contributed by atoms with Crippen molar-refractivity contribution >= 4 is 79.7 Å².